The molecule has 6 nitrogen and oxygen atoms in total. The molecular formula is C13H14FN3O3. The van der Waals surface area contributed by atoms with E-state index in [0.29, 0.717) is 11.3 Å². The summed E-state index contributed by atoms with van der Waals surface area (Å²) < 4.78 is 14.6. The number of nitrogens with zero attached hydrogens (tertiary/aromatic N) is 2. The predicted octanol–water partition coefficient (Wildman–Crippen LogP) is 1.37. The van der Waals surface area contributed by atoms with Crippen molar-refractivity contribution in [1.29, 1.82) is 0 Å². The molecule has 0 spiro atoms. The first-order chi connectivity index (χ1) is 9.22. The predicted molar refractivity (Wildman–Crippen MR) is 69.1 cm³/mol. The third-order valence-corrected chi connectivity index (χ3v) is 2.93. The molecule has 0 aliphatic carbocycles. The van der Waals surface area contributed by atoms with Crippen molar-refractivity contribution in [3.63, 3.8) is 0 Å². The fourth-order valence-corrected chi connectivity index (χ4v) is 1.81. The number of hydrogen-bond acceptors (Lipinski definition) is 3. The van der Waals surface area contributed by atoms with Crippen LogP contribution in [0.25, 0.3) is 5.65 Å². The molecule has 1 amide bonds. The van der Waals surface area contributed by atoms with Gasteiger partial charge < -0.3 is 10.4 Å². The van der Waals surface area contributed by atoms with Gasteiger partial charge in [0.05, 0.1) is 5.69 Å². The van der Waals surface area contributed by atoms with Gasteiger partial charge in [0.25, 0.3) is 5.91 Å². The third-order valence-electron chi connectivity index (χ3n) is 2.93. The minimum Gasteiger partial charge on any atom is -0.480 e. The number of hydrogen-bond donors (Lipinski definition) is 2. The molecule has 0 atom stereocenters. The monoisotopic (exact) mass is 279 g/mol. The second kappa shape index (κ2) is 4.59. The lowest BCUT2D eigenvalue weighted by molar-refractivity contribution is -0.143. The Bertz CT molecular complexity index is 706. The van der Waals surface area contributed by atoms with Gasteiger partial charge >= 0.3 is 5.97 Å². The van der Waals surface area contributed by atoms with Crippen molar-refractivity contribution in [2.24, 2.45) is 0 Å². The molecule has 7 heteroatoms. The summed E-state index contributed by atoms with van der Waals surface area (Å²) >= 11 is 0. The number of pyridine rings is 1. The standard InChI is InChI=1S/C13H14FN3O3/c1-7-10(11(18)16-13(2,3)12(19)20)17-6-8(14)4-5-9(17)15-7/h4-6H,1-3H3,(H,16,18)(H,19,20). The molecule has 2 rings (SSSR count). The molecule has 20 heavy (non-hydrogen) atoms. The molecule has 0 radical (unpaired) electrons. The lowest BCUT2D eigenvalue weighted by atomic mass is 10.1. The zero-order valence-electron chi connectivity index (χ0n) is 11.3. The number of aromatic nitrogens is 2. The Morgan fingerprint density at radius 2 is 2.05 bits per heavy atom. The van der Waals surface area contributed by atoms with Crippen LogP contribution in [0.1, 0.15) is 30.0 Å². The molecule has 2 aromatic rings. The average Bonchev–Trinajstić information content (AvgIpc) is 2.63. The molecule has 0 saturated carbocycles. The van der Waals surface area contributed by atoms with Gasteiger partial charge in [-0.05, 0) is 32.9 Å². The molecule has 2 N–H and O–H groups in total. The van der Waals surface area contributed by atoms with E-state index in [9.17, 15) is 14.0 Å². The van der Waals surface area contributed by atoms with Crippen molar-refractivity contribution >= 4 is 17.5 Å². The van der Waals surface area contributed by atoms with Crippen LogP contribution in [0.15, 0.2) is 18.3 Å². The number of nitrogens with one attached hydrogen (secondary N) is 1. The Morgan fingerprint density at radius 1 is 1.40 bits per heavy atom. The maximum Gasteiger partial charge on any atom is 0.328 e. The van der Waals surface area contributed by atoms with Crippen molar-refractivity contribution in [2.45, 2.75) is 26.3 Å². The van der Waals surface area contributed by atoms with E-state index in [2.05, 4.69) is 10.3 Å². The minimum absolute atomic E-state index is 0.119. The van der Waals surface area contributed by atoms with E-state index in [1.165, 1.54) is 30.4 Å². The van der Waals surface area contributed by atoms with E-state index in [4.69, 9.17) is 5.11 Å². The first-order valence-corrected chi connectivity index (χ1v) is 5.92. The van der Waals surface area contributed by atoms with E-state index in [1.54, 1.807) is 6.92 Å². The fourth-order valence-electron chi connectivity index (χ4n) is 1.81. The van der Waals surface area contributed by atoms with Crippen LogP contribution in [-0.4, -0.2) is 31.9 Å². The average molecular weight is 279 g/mol. The Morgan fingerprint density at radius 3 is 2.65 bits per heavy atom. The van der Waals surface area contributed by atoms with Gasteiger partial charge in [-0.2, -0.15) is 0 Å². The summed E-state index contributed by atoms with van der Waals surface area (Å²) in [6.07, 6.45) is 1.14. The summed E-state index contributed by atoms with van der Waals surface area (Å²) in [6, 6.07) is 2.69. The molecule has 0 aliphatic rings. The molecule has 0 saturated heterocycles. The van der Waals surface area contributed by atoms with Crippen molar-refractivity contribution in [3.8, 4) is 0 Å². The first-order valence-electron chi connectivity index (χ1n) is 5.92. The lowest BCUT2D eigenvalue weighted by Crippen LogP contribution is -2.50. The van der Waals surface area contributed by atoms with Gasteiger partial charge in [-0.3, -0.25) is 9.20 Å². The second-order valence-electron chi connectivity index (χ2n) is 5.01. The second-order valence-corrected chi connectivity index (χ2v) is 5.01. The molecule has 0 bridgehead atoms. The zero-order chi connectivity index (χ0) is 15.1. The Kier molecular flexibility index (Phi) is 3.21. The van der Waals surface area contributed by atoms with Crippen LogP contribution in [0.5, 0.6) is 0 Å². The molecule has 0 aromatic carbocycles. The van der Waals surface area contributed by atoms with Gasteiger partial charge in [0.2, 0.25) is 0 Å². The number of imidazole rings is 1. The summed E-state index contributed by atoms with van der Waals surface area (Å²) in [5.41, 5.74) is -0.494. The number of carbonyl (C=O) groups is 2. The van der Waals surface area contributed by atoms with Gasteiger partial charge in [0.15, 0.2) is 0 Å². The van der Waals surface area contributed by atoms with Crippen molar-refractivity contribution in [3.05, 3.63) is 35.5 Å². The number of carbonyl (C=O) groups excluding carboxylic acids is 1. The summed E-state index contributed by atoms with van der Waals surface area (Å²) in [6.45, 7) is 4.34. The summed E-state index contributed by atoms with van der Waals surface area (Å²) in [7, 11) is 0. The van der Waals surface area contributed by atoms with Crippen LogP contribution in [0.3, 0.4) is 0 Å². The molecule has 0 fully saturated rings. The highest BCUT2D eigenvalue weighted by atomic mass is 19.1. The van der Waals surface area contributed by atoms with Gasteiger partial charge in [-0.25, -0.2) is 14.2 Å². The van der Waals surface area contributed by atoms with Gasteiger partial charge in [0.1, 0.15) is 22.7 Å². The molecule has 106 valence electrons. The normalized spacial score (nSPS) is 11.6. The number of aliphatic carboxylic acids is 1. The van der Waals surface area contributed by atoms with Crippen molar-refractivity contribution in [2.75, 3.05) is 0 Å². The van der Waals surface area contributed by atoms with E-state index in [0.717, 1.165) is 6.20 Å². The summed E-state index contributed by atoms with van der Waals surface area (Å²) in [5.74, 6) is -2.29. The van der Waals surface area contributed by atoms with Crippen molar-refractivity contribution < 1.29 is 19.1 Å². The number of rotatable bonds is 3. The topological polar surface area (TPSA) is 83.7 Å². The van der Waals surface area contributed by atoms with E-state index >= 15 is 0 Å². The summed E-state index contributed by atoms with van der Waals surface area (Å²) in [4.78, 5) is 27.4. The first kappa shape index (κ1) is 14.0. The Labute approximate surface area is 114 Å². The van der Waals surface area contributed by atoms with Crippen LogP contribution in [0.4, 0.5) is 4.39 Å². The SMILES string of the molecule is Cc1nc2ccc(F)cn2c1C(=O)NC(C)(C)C(=O)O. The Hall–Kier alpha value is -2.44. The quantitative estimate of drug-likeness (QED) is 0.889. The number of amides is 1. The van der Waals surface area contributed by atoms with Gasteiger partial charge in [-0.15, -0.1) is 0 Å². The highest BCUT2D eigenvalue weighted by molar-refractivity contribution is 5.97. The number of fused-ring (bicyclic) bond motifs is 1. The lowest BCUT2D eigenvalue weighted by Gasteiger charge is -2.20. The van der Waals surface area contributed by atoms with E-state index < -0.39 is 23.2 Å². The largest absolute Gasteiger partial charge is 0.480 e. The fraction of sp³-hybridized carbons (Fsp3) is 0.308. The van der Waals surface area contributed by atoms with E-state index in [1.807, 2.05) is 0 Å². The van der Waals surface area contributed by atoms with Crippen LogP contribution in [-0.2, 0) is 4.79 Å². The molecule has 2 heterocycles. The number of aryl methyl sites for hydroxylation is 1. The number of halogens is 1. The maximum atomic E-state index is 13.3. The van der Waals surface area contributed by atoms with Crippen LogP contribution >= 0.6 is 0 Å². The van der Waals surface area contributed by atoms with Crippen LogP contribution in [0, 0.1) is 12.7 Å². The van der Waals surface area contributed by atoms with Crippen LogP contribution in [0.2, 0.25) is 0 Å². The third kappa shape index (κ3) is 2.34. The molecule has 0 aliphatic heterocycles. The minimum atomic E-state index is -1.43. The maximum absolute atomic E-state index is 13.3. The van der Waals surface area contributed by atoms with Gasteiger partial charge in [0, 0.05) is 6.20 Å². The Balaban J connectivity index is 2.47. The molecular weight excluding hydrogens is 265 g/mol. The smallest absolute Gasteiger partial charge is 0.328 e. The zero-order valence-corrected chi connectivity index (χ0v) is 11.3. The molecule has 0 unspecified atom stereocenters. The number of carboxylic acids is 1. The summed E-state index contributed by atoms with van der Waals surface area (Å²) in [5, 5.41) is 11.4. The highest BCUT2D eigenvalue weighted by Gasteiger charge is 2.31. The molecule has 2 aromatic heterocycles. The van der Waals surface area contributed by atoms with Crippen LogP contribution < -0.4 is 5.32 Å². The number of carboxylic acid groups (broad SMARTS) is 1. The van der Waals surface area contributed by atoms with Gasteiger partial charge in [-0.1, -0.05) is 0 Å². The van der Waals surface area contributed by atoms with E-state index in [-0.39, 0.29) is 5.69 Å². The van der Waals surface area contributed by atoms with Crippen molar-refractivity contribution in [1.82, 2.24) is 14.7 Å². The highest BCUT2D eigenvalue weighted by Crippen LogP contribution is 2.14.